The van der Waals surface area contributed by atoms with Crippen molar-refractivity contribution in [2.24, 2.45) is 5.92 Å². The number of amides is 2. The first-order chi connectivity index (χ1) is 9.09. The van der Waals surface area contributed by atoms with Gasteiger partial charge in [0.1, 0.15) is 0 Å². The van der Waals surface area contributed by atoms with Gasteiger partial charge < -0.3 is 10.2 Å². The largest absolute Gasteiger partial charge is 0.338 e. The van der Waals surface area contributed by atoms with Gasteiger partial charge in [-0.2, -0.15) is 0 Å². The van der Waals surface area contributed by atoms with E-state index in [1.165, 1.54) is 0 Å². The predicted molar refractivity (Wildman–Crippen MR) is 78.4 cm³/mol. The fourth-order valence-electron chi connectivity index (χ4n) is 2.47. The molecule has 0 aliphatic carbocycles. The summed E-state index contributed by atoms with van der Waals surface area (Å²) in [6.07, 6.45) is 2.02. The number of carbonyl (C=O) groups excluding carboxylic acids is 1. The van der Waals surface area contributed by atoms with Crippen molar-refractivity contribution in [3.63, 3.8) is 0 Å². The third kappa shape index (κ3) is 3.41. The third-order valence-corrected chi connectivity index (χ3v) is 3.78. The van der Waals surface area contributed by atoms with Crippen molar-refractivity contribution >= 4 is 17.6 Å². The van der Waals surface area contributed by atoms with Crippen LogP contribution in [0.4, 0.5) is 4.79 Å². The van der Waals surface area contributed by atoms with Gasteiger partial charge in [-0.15, -0.1) is 0 Å². The van der Waals surface area contributed by atoms with Crippen LogP contribution in [-0.2, 0) is 0 Å². The second-order valence-corrected chi connectivity index (χ2v) is 5.86. The van der Waals surface area contributed by atoms with Gasteiger partial charge in [-0.05, 0) is 30.4 Å². The highest BCUT2D eigenvalue weighted by Crippen LogP contribution is 2.35. The Labute approximate surface area is 119 Å². The van der Waals surface area contributed by atoms with Crippen molar-refractivity contribution in [3.8, 4) is 0 Å². The van der Waals surface area contributed by atoms with Crippen molar-refractivity contribution in [2.75, 3.05) is 13.1 Å². The molecule has 0 spiro atoms. The molecule has 1 N–H and O–H groups in total. The van der Waals surface area contributed by atoms with Crippen LogP contribution in [0.25, 0.3) is 0 Å². The first kappa shape index (κ1) is 14.2. The molecule has 1 aliphatic heterocycles. The Bertz CT molecular complexity index is 448. The van der Waals surface area contributed by atoms with E-state index in [1.807, 2.05) is 29.2 Å². The van der Waals surface area contributed by atoms with E-state index in [0.717, 1.165) is 30.0 Å². The van der Waals surface area contributed by atoms with Gasteiger partial charge in [0.05, 0.1) is 6.04 Å². The molecule has 1 aliphatic rings. The average Bonchev–Trinajstić information content (AvgIpc) is 2.85. The average molecular weight is 281 g/mol. The molecular formula is C15H21ClN2O. The molecule has 1 aromatic rings. The highest BCUT2D eigenvalue weighted by molar-refractivity contribution is 6.31. The molecular weight excluding hydrogens is 260 g/mol. The molecule has 1 heterocycles. The lowest BCUT2D eigenvalue weighted by atomic mass is 10.0. The Hall–Kier alpha value is -1.22. The van der Waals surface area contributed by atoms with Crippen LogP contribution in [0.1, 0.15) is 38.3 Å². The Morgan fingerprint density at radius 3 is 2.89 bits per heavy atom. The lowest BCUT2D eigenvalue weighted by Crippen LogP contribution is -2.40. The quantitative estimate of drug-likeness (QED) is 0.896. The van der Waals surface area contributed by atoms with Crippen molar-refractivity contribution in [1.29, 1.82) is 0 Å². The summed E-state index contributed by atoms with van der Waals surface area (Å²) < 4.78 is 0. The molecule has 3 nitrogen and oxygen atoms in total. The number of urea groups is 1. The summed E-state index contributed by atoms with van der Waals surface area (Å²) in [5, 5.41) is 3.73. The van der Waals surface area contributed by atoms with Crippen LogP contribution in [0.15, 0.2) is 24.3 Å². The molecule has 19 heavy (non-hydrogen) atoms. The topological polar surface area (TPSA) is 32.3 Å². The van der Waals surface area contributed by atoms with Crippen LogP contribution in [0.2, 0.25) is 5.02 Å². The number of likely N-dealkylation sites (tertiary alicyclic amines) is 1. The number of halogens is 1. The van der Waals surface area contributed by atoms with Gasteiger partial charge in [0, 0.05) is 18.1 Å². The van der Waals surface area contributed by atoms with Crippen LogP contribution in [0.5, 0.6) is 0 Å². The predicted octanol–water partition coefficient (Wildman–Crippen LogP) is 3.84. The third-order valence-electron chi connectivity index (χ3n) is 3.44. The highest BCUT2D eigenvalue weighted by atomic mass is 35.5. The zero-order valence-corrected chi connectivity index (χ0v) is 12.3. The molecule has 0 aromatic heterocycles. The lowest BCUT2D eigenvalue weighted by Gasteiger charge is -2.26. The number of benzene rings is 1. The van der Waals surface area contributed by atoms with Gasteiger partial charge in [-0.1, -0.05) is 43.6 Å². The molecule has 1 atom stereocenters. The number of hydrogen-bond acceptors (Lipinski definition) is 1. The van der Waals surface area contributed by atoms with Gasteiger partial charge in [0.15, 0.2) is 0 Å². The van der Waals surface area contributed by atoms with Crippen LogP contribution < -0.4 is 5.32 Å². The van der Waals surface area contributed by atoms with E-state index < -0.39 is 0 Å². The summed E-state index contributed by atoms with van der Waals surface area (Å²) in [5.74, 6) is 0.463. The van der Waals surface area contributed by atoms with Gasteiger partial charge in [0.2, 0.25) is 0 Å². The van der Waals surface area contributed by atoms with Gasteiger partial charge in [0.25, 0.3) is 0 Å². The van der Waals surface area contributed by atoms with Crippen molar-refractivity contribution < 1.29 is 4.79 Å². The second-order valence-electron chi connectivity index (χ2n) is 5.45. The molecule has 0 bridgehead atoms. The number of rotatable bonds is 3. The molecule has 4 heteroatoms. The second kappa shape index (κ2) is 6.29. The maximum atomic E-state index is 12.2. The van der Waals surface area contributed by atoms with Gasteiger partial charge >= 0.3 is 6.03 Å². The minimum Gasteiger partial charge on any atom is -0.338 e. The van der Waals surface area contributed by atoms with Crippen LogP contribution in [0, 0.1) is 5.92 Å². The van der Waals surface area contributed by atoms with E-state index in [0.29, 0.717) is 12.5 Å². The normalized spacial score (nSPS) is 18.9. The van der Waals surface area contributed by atoms with Crippen LogP contribution in [0.3, 0.4) is 0 Å². The smallest absolute Gasteiger partial charge is 0.317 e. The Balaban J connectivity index is 2.09. The molecule has 0 unspecified atom stereocenters. The highest BCUT2D eigenvalue weighted by Gasteiger charge is 2.30. The summed E-state index contributed by atoms with van der Waals surface area (Å²) >= 11 is 6.24. The van der Waals surface area contributed by atoms with E-state index in [1.54, 1.807) is 0 Å². The summed E-state index contributed by atoms with van der Waals surface area (Å²) in [4.78, 5) is 14.1. The van der Waals surface area contributed by atoms with Crippen molar-refractivity contribution in [2.45, 2.75) is 32.7 Å². The maximum Gasteiger partial charge on any atom is 0.317 e. The zero-order chi connectivity index (χ0) is 13.8. The summed E-state index contributed by atoms with van der Waals surface area (Å²) in [7, 11) is 0. The molecule has 1 saturated heterocycles. The lowest BCUT2D eigenvalue weighted by molar-refractivity contribution is 0.192. The maximum absolute atomic E-state index is 12.2. The molecule has 2 rings (SSSR count). The zero-order valence-electron chi connectivity index (χ0n) is 11.5. The summed E-state index contributed by atoms with van der Waals surface area (Å²) in [6, 6.07) is 7.94. The Kier molecular flexibility index (Phi) is 4.70. The molecule has 0 saturated carbocycles. The first-order valence-corrected chi connectivity index (χ1v) is 7.26. The van der Waals surface area contributed by atoms with E-state index in [2.05, 4.69) is 19.2 Å². The van der Waals surface area contributed by atoms with Crippen molar-refractivity contribution in [1.82, 2.24) is 10.2 Å². The van der Waals surface area contributed by atoms with E-state index in [9.17, 15) is 4.79 Å². The van der Waals surface area contributed by atoms with Gasteiger partial charge in [-0.25, -0.2) is 4.79 Å². The molecule has 0 radical (unpaired) electrons. The van der Waals surface area contributed by atoms with Crippen LogP contribution >= 0.6 is 11.6 Å². The number of carbonyl (C=O) groups is 1. The summed E-state index contributed by atoms with van der Waals surface area (Å²) in [6.45, 7) is 5.70. The number of hydrogen-bond donors (Lipinski definition) is 1. The summed E-state index contributed by atoms with van der Waals surface area (Å²) in [5.41, 5.74) is 1.06. The monoisotopic (exact) mass is 280 g/mol. The standard InChI is InChI=1S/C15H21ClN2O/c1-11(2)10-17-15(19)18-9-5-8-14(18)12-6-3-4-7-13(12)16/h3-4,6-7,11,14H,5,8-10H2,1-2H3,(H,17,19)/t14-/m0/s1. The van der Waals surface area contributed by atoms with Crippen LogP contribution in [-0.4, -0.2) is 24.0 Å². The Morgan fingerprint density at radius 2 is 2.21 bits per heavy atom. The van der Waals surface area contributed by atoms with E-state index >= 15 is 0 Å². The number of nitrogens with one attached hydrogen (secondary N) is 1. The molecule has 1 aromatic carbocycles. The van der Waals surface area contributed by atoms with E-state index in [4.69, 9.17) is 11.6 Å². The molecule has 1 fully saturated rings. The Morgan fingerprint density at radius 1 is 1.47 bits per heavy atom. The van der Waals surface area contributed by atoms with E-state index in [-0.39, 0.29) is 12.1 Å². The minimum absolute atomic E-state index is 0.0242. The molecule has 104 valence electrons. The SMILES string of the molecule is CC(C)CNC(=O)N1CCC[C@H]1c1ccccc1Cl. The molecule has 2 amide bonds. The van der Waals surface area contributed by atoms with Crippen molar-refractivity contribution in [3.05, 3.63) is 34.9 Å². The first-order valence-electron chi connectivity index (χ1n) is 6.88. The minimum atomic E-state index is 0.0242. The fourth-order valence-corrected chi connectivity index (χ4v) is 2.73. The number of nitrogens with zero attached hydrogens (tertiary/aromatic N) is 1. The fraction of sp³-hybridized carbons (Fsp3) is 0.533. The van der Waals surface area contributed by atoms with Gasteiger partial charge in [-0.3, -0.25) is 0 Å².